The molecule has 0 bridgehead atoms. The van der Waals surface area contributed by atoms with Crippen molar-refractivity contribution in [2.45, 2.75) is 26.7 Å². The van der Waals surface area contributed by atoms with Gasteiger partial charge >= 0.3 is 0 Å². The van der Waals surface area contributed by atoms with Crippen molar-refractivity contribution in [1.82, 2.24) is 5.32 Å². The molecule has 100 valence electrons. The van der Waals surface area contributed by atoms with Crippen molar-refractivity contribution in [2.75, 3.05) is 13.1 Å². The number of halogens is 2. The Morgan fingerprint density at radius 3 is 2.72 bits per heavy atom. The van der Waals surface area contributed by atoms with Crippen LogP contribution in [0.3, 0.4) is 0 Å². The van der Waals surface area contributed by atoms with Crippen LogP contribution in [0.1, 0.15) is 35.7 Å². The van der Waals surface area contributed by atoms with Gasteiger partial charge in [0.05, 0.1) is 0 Å². The second-order valence-electron chi connectivity index (χ2n) is 4.85. The maximum atomic E-state index is 12.6. The number of aryl methyl sites for hydroxylation is 1. The van der Waals surface area contributed by atoms with Gasteiger partial charge in [-0.25, -0.2) is 0 Å². The van der Waals surface area contributed by atoms with Crippen LogP contribution in [0.25, 0.3) is 0 Å². The standard InChI is InChI=1S/C14H18ClNO.ClH/c1-3-14(6-7-16-9-14)13(17)11-4-5-12(15)10(2)8-11;/h4-5,8,16H,3,6-7,9H2,1-2H3;1H/t14-;/m0./s1. The van der Waals surface area contributed by atoms with Crippen LogP contribution >= 0.6 is 24.0 Å². The highest BCUT2D eigenvalue weighted by Crippen LogP contribution is 2.34. The van der Waals surface area contributed by atoms with Crippen LogP contribution in [-0.2, 0) is 0 Å². The van der Waals surface area contributed by atoms with Gasteiger partial charge in [0.25, 0.3) is 0 Å². The van der Waals surface area contributed by atoms with Crippen molar-refractivity contribution >= 4 is 29.8 Å². The smallest absolute Gasteiger partial charge is 0.170 e. The molecule has 1 saturated heterocycles. The minimum absolute atomic E-state index is 0. The minimum Gasteiger partial charge on any atom is -0.316 e. The van der Waals surface area contributed by atoms with E-state index in [0.717, 1.165) is 42.1 Å². The lowest BCUT2D eigenvalue weighted by molar-refractivity contribution is 0.0810. The molecule has 0 saturated carbocycles. The molecule has 1 atom stereocenters. The van der Waals surface area contributed by atoms with Crippen LogP contribution in [-0.4, -0.2) is 18.9 Å². The van der Waals surface area contributed by atoms with Crippen LogP contribution < -0.4 is 5.32 Å². The van der Waals surface area contributed by atoms with Crippen molar-refractivity contribution in [3.05, 3.63) is 34.3 Å². The molecule has 1 fully saturated rings. The number of Topliss-reactive ketones (excluding diaryl/α,β-unsaturated/α-hetero) is 1. The fourth-order valence-electron chi connectivity index (χ4n) is 2.49. The number of carbonyl (C=O) groups is 1. The number of hydrogen-bond donors (Lipinski definition) is 1. The van der Waals surface area contributed by atoms with Gasteiger partial charge in [0.1, 0.15) is 0 Å². The summed E-state index contributed by atoms with van der Waals surface area (Å²) >= 11 is 5.99. The van der Waals surface area contributed by atoms with Crippen LogP contribution in [0, 0.1) is 12.3 Å². The molecule has 0 aliphatic carbocycles. The molecule has 1 aliphatic rings. The third kappa shape index (κ3) is 2.71. The number of hydrogen-bond acceptors (Lipinski definition) is 2. The molecule has 1 N–H and O–H groups in total. The summed E-state index contributed by atoms with van der Waals surface area (Å²) < 4.78 is 0. The summed E-state index contributed by atoms with van der Waals surface area (Å²) in [6, 6.07) is 5.56. The average molecular weight is 288 g/mol. The molecule has 1 heterocycles. The molecular weight excluding hydrogens is 269 g/mol. The van der Waals surface area contributed by atoms with Gasteiger partial charge in [-0.15, -0.1) is 12.4 Å². The lowest BCUT2D eigenvalue weighted by atomic mass is 9.77. The first-order valence-corrected chi connectivity index (χ1v) is 6.48. The van der Waals surface area contributed by atoms with Gasteiger partial charge < -0.3 is 5.32 Å². The van der Waals surface area contributed by atoms with Crippen LogP contribution in [0.4, 0.5) is 0 Å². The number of benzene rings is 1. The van der Waals surface area contributed by atoms with E-state index in [4.69, 9.17) is 11.6 Å². The van der Waals surface area contributed by atoms with Crippen molar-refractivity contribution in [3.8, 4) is 0 Å². The van der Waals surface area contributed by atoms with Crippen molar-refractivity contribution in [2.24, 2.45) is 5.41 Å². The Labute approximate surface area is 120 Å². The summed E-state index contributed by atoms with van der Waals surface area (Å²) in [6.45, 7) is 5.76. The summed E-state index contributed by atoms with van der Waals surface area (Å²) in [7, 11) is 0. The van der Waals surface area contributed by atoms with E-state index in [0.29, 0.717) is 0 Å². The highest BCUT2D eigenvalue weighted by Gasteiger charge is 2.39. The van der Waals surface area contributed by atoms with Gasteiger partial charge in [0, 0.05) is 22.5 Å². The lowest BCUT2D eigenvalue weighted by Crippen LogP contribution is -2.33. The lowest BCUT2D eigenvalue weighted by Gasteiger charge is -2.25. The van der Waals surface area contributed by atoms with Crippen molar-refractivity contribution < 1.29 is 4.79 Å². The molecule has 18 heavy (non-hydrogen) atoms. The minimum atomic E-state index is -0.208. The van der Waals surface area contributed by atoms with Gasteiger partial charge in [-0.1, -0.05) is 18.5 Å². The van der Waals surface area contributed by atoms with Gasteiger partial charge in [0.2, 0.25) is 0 Å². The van der Waals surface area contributed by atoms with Crippen LogP contribution in [0.5, 0.6) is 0 Å². The van der Waals surface area contributed by atoms with Gasteiger partial charge in [-0.2, -0.15) is 0 Å². The molecule has 2 rings (SSSR count). The highest BCUT2D eigenvalue weighted by molar-refractivity contribution is 6.31. The monoisotopic (exact) mass is 287 g/mol. The summed E-state index contributed by atoms with van der Waals surface area (Å²) in [5, 5.41) is 4.01. The summed E-state index contributed by atoms with van der Waals surface area (Å²) in [5.41, 5.74) is 1.55. The largest absolute Gasteiger partial charge is 0.316 e. The number of rotatable bonds is 3. The normalized spacial score (nSPS) is 22.6. The summed E-state index contributed by atoms with van der Waals surface area (Å²) in [6.07, 6.45) is 1.82. The third-order valence-electron chi connectivity index (χ3n) is 3.82. The first kappa shape index (κ1) is 15.5. The van der Waals surface area contributed by atoms with E-state index in [-0.39, 0.29) is 23.6 Å². The number of ketones is 1. The second-order valence-corrected chi connectivity index (χ2v) is 5.26. The van der Waals surface area contributed by atoms with E-state index in [1.165, 1.54) is 0 Å². The first-order valence-electron chi connectivity index (χ1n) is 6.11. The SMILES string of the molecule is CC[C@]1(C(=O)c2ccc(Cl)c(C)c2)CCNC1.Cl. The maximum absolute atomic E-state index is 12.6. The predicted octanol–water partition coefficient (Wildman–Crippen LogP) is 3.64. The Kier molecular flexibility index (Phi) is 5.20. The average Bonchev–Trinajstić information content (AvgIpc) is 2.81. The molecule has 4 heteroatoms. The third-order valence-corrected chi connectivity index (χ3v) is 4.25. The fourth-order valence-corrected chi connectivity index (χ4v) is 2.61. The van der Waals surface area contributed by atoms with E-state index in [1.807, 2.05) is 25.1 Å². The molecule has 1 aliphatic heterocycles. The van der Waals surface area contributed by atoms with Gasteiger partial charge in [-0.05, 0) is 50.1 Å². The maximum Gasteiger partial charge on any atom is 0.170 e. The second kappa shape index (κ2) is 6.05. The number of nitrogens with one attached hydrogen (secondary N) is 1. The molecule has 0 spiro atoms. The van der Waals surface area contributed by atoms with E-state index in [1.54, 1.807) is 0 Å². The Morgan fingerprint density at radius 1 is 1.50 bits per heavy atom. The van der Waals surface area contributed by atoms with Crippen LogP contribution in [0.2, 0.25) is 5.02 Å². The summed E-state index contributed by atoms with van der Waals surface area (Å²) in [5.74, 6) is 0.254. The molecule has 0 radical (unpaired) electrons. The molecule has 1 aromatic rings. The van der Waals surface area contributed by atoms with Gasteiger partial charge in [-0.3, -0.25) is 4.79 Å². The fraction of sp³-hybridized carbons (Fsp3) is 0.500. The molecule has 0 aromatic heterocycles. The Morgan fingerprint density at radius 2 is 2.22 bits per heavy atom. The molecule has 0 amide bonds. The Hall–Kier alpha value is -0.570. The molecular formula is C14H19Cl2NO. The predicted molar refractivity (Wildman–Crippen MR) is 78.0 cm³/mol. The van der Waals surface area contributed by atoms with Crippen molar-refractivity contribution in [3.63, 3.8) is 0 Å². The first-order chi connectivity index (χ1) is 8.09. The topological polar surface area (TPSA) is 29.1 Å². The zero-order valence-electron chi connectivity index (χ0n) is 10.8. The van der Waals surface area contributed by atoms with E-state index < -0.39 is 0 Å². The molecule has 1 aromatic carbocycles. The molecule has 2 nitrogen and oxygen atoms in total. The van der Waals surface area contributed by atoms with E-state index >= 15 is 0 Å². The van der Waals surface area contributed by atoms with E-state index in [9.17, 15) is 4.79 Å². The van der Waals surface area contributed by atoms with Crippen molar-refractivity contribution in [1.29, 1.82) is 0 Å². The number of carbonyl (C=O) groups excluding carboxylic acids is 1. The zero-order valence-corrected chi connectivity index (χ0v) is 12.3. The van der Waals surface area contributed by atoms with Gasteiger partial charge in [0.15, 0.2) is 5.78 Å². The van der Waals surface area contributed by atoms with E-state index in [2.05, 4.69) is 12.2 Å². The Balaban J connectivity index is 0.00000162. The molecule has 0 unspecified atom stereocenters. The van der Waals surface area contributed by atoms with Crippen LogP contribution in [0.15, 0.2) is 18.2 Å². The highest BCUT2D eigenvalue weighted by atomic mass is 35.5. The zero-order chi connectivity index (χ0) is 12.5. The Bertz CT molecular complexity index is 439. The quantitative estimate of drug-likeness (QED) is 0.860. The summed E-state index contributed by atoms with van der Waals surface area (Å²) in [4.78, 5) is 12.6.